The fourth-order valence-electron chi connectivity index (χ4n) is 5.53. The molecule has 1 fully saturated rings. The van der Waals surface area contributed by atoms with Gasteiger partial charge in [-0.15, -0.1) is 0 Å². The zero-order chi connectivity index (χ0) is 30.8. The van der Waals surface area contributed by atoms with Crippen molar-refractivity contribution in [3.05, 3.63) is 35.4 Å². The Balaban J connectivity index is 2.17. The van der Waals surface area contributed by atoms with Crippen molar-refractivity contribution in [3.8, 4) is 0 Å². The average Bonchev–Trinajstić information content (AvgIpc) is 2.95. The highest BCUT2D eigenvalue weighted by Crippen LogP contribution is 2.47. The number of aryl methyl sites for hydroxylation is 1. The molecule has 1 aliphatic heterocycles. The lowest BCUT2D eigenvalue weighted by molar-refractivity contribution is -0.249. The van der Waals surface area contributed by atoms with Gasteiger partial charge in [-0.25, -0.2) is 0 Å². The second-order valence-electron chi connectivity index (χ2n) is 11.8. The van der Waals surface area contributed by atoms with Crippen LogP contribution in [0.25, 0.3) is 0 Å². The number of carbonyl (C=O) groups excluding carboxylic acids is 3. The molecule has 0 aliphatic carbocycles. The molecule has 41 heavy (non-hydrogen) atoms. The van der Waals surface area contributed by atoms with Gasteiger partial charge in [-0.1, -0.05) is 57.0 Å². The third kappa shape index (κ3) is 8.52. The number of nitrogens with zero attached hydrogens (tertiary/aromatic N) is 3. The summed E-state index contributed by atoms with van der Waals surface area (Å²) in [4.78, 5) is 45.8. The number of benzene rings is 1. The van der Waals surface area contributed by atoms with Crippen molar-refractivity contribution >= 4 is 17.7 Å². The Kier molecular flexibility index (Phi) is 13.3. The van der Waals surface area contributed by atoms with Gasteiger partial charge >= 0.3 is 0 Å². The van der Waals surface area contributed by atoms with Crippen LogP contribution in [-0.2, 0) is 23.9 Å². The lowest BCUT2D eigenvalue weighted by Gasteiger charge is -2.56. The van der Waals surface area contributed by atoms with E-state index in [0.29, 0.717) is 39.1 Å². The molecule has 2 atom stereocenters. The molecule has 9 heteroatoms. The summed E-state index contributed by atoms with van der Waals surface area (Å²) in [6.07, 6.45) is 2.18. The van der Waals surface area contributed by atoms with Crippen LogP contribution in [0.1, 0.15) is 84.4 Å². The van der Waals surface area contributed by atoms with Crippen molar-refractivity contribution < 1.29 is 23.9 Å². The molecule has 0 radical (unpaired) electrons. The number of likely N-dealkylation sites (tertiary alicyclic amines) is 1. The zero-order valence-corrected chi connectivity index (χ0v) is 26.9. The second kappa shape index (κ2) is 15.7. The van der Waals surface area contributed by atoms with Gasteiger partial charge in [-0.05, 0) is 59.6 Å². The van der Waals surface area contributed by atoms with Crippen molar-refractivity contribution in [2.24, 2.45) is 5.41 Å². The summed E-state index contributed by atoms with van der Waals surface area (Å²) in [5.41, 5.74) is 0.275. The summed E-state index contributed by atoms with van der Waals surface area (Å²) in [6, 6.07) is 8.03. The van der Waals surface area contributed by atoms with Crippen LogP contribution in [0, 0.1) is 12.3 Å². The first-order valence-electron chi connectivity index (χ1n) is 15.2. The van der Waals surface area contributed by atoms with Crippen molar-refractivity contribution in [1.29, 1.82) is 0 Å². The summed E-state index contributed by atoms with van der Waals surface area (Å²) in [5.74, 6) is -0.460. The first kappa shape index (κ1) is 34.7. The van der Waals surface area contributed by atoms with Crippen LogP contribution in [0.2, 0.25) is 0 Å². The maximum Gasteiger partial charge on any atom is 0.254 e. The number of hydrogen-bond acceptors (Lipinski definition) is 6. The van der Waals surface area contributed by atoms with Gasteiger partial charge in [0.1, 0.15) is 18.4 Å². The fourth-order valence-corrected chi connectivity index (χ4v) is 5.53. The molecule has 1 aromatic rings. The van der Waals surface area contributed by atoms with E-state index in [1.54, 1.807) is 25.9 Å². The van der Waals surface area contributed by atoms with Crippen molar-refractivity contribution in [2.45, 2.75) is 92.0 Å². The van der Waals surface area contributed by atoms with Crippen LogP contribution >= 0.6 is 0 Å². The Morgan fingerprint density at radius 1 is 1.07 bits per heavy atom. The minimum Gasteiger partial charge on any atom is -0.383 e. The van der Waals surface area contributed by atoms with E-state index in [1.807, 2.05) is 59.0 Å². The van der Waals surface area contributed by atoms with Gasteiger partial charge in [0.2, 0.25) is 11.8 Å². The standard InChI is InChI=1S/C32H54N4O5/c1-10-14-26(25-17-15-24(5)16-18-25)33-27(37)23-36-29(39)32(11-2,12-3)30(36)41-31(6,7)28(38)35(13-4)20-19-34(8)21-22-40-9/h15-18,26,30H,10-14,19-23H2,1-9H3,(H,33,37)/t26-,30+/m1/s1. The molecule has 1 aromatic carbocycles. The van der Waals surface area contributed by atoms with E-state index in [9.17, 15) is 14.4 Å². The van der Waals surface area contributed by atoms with Crippen molar-refractivity contribution in [3.63, 3.8) is 0 Å². The molecule has 0 spiro atoms. The third-order valence-corrected chi connectivity index (χ3v) is 8.43. The third-order valence-electron chi connectivity index (χ3n) is 8.43. The number of likely N-dealkylation sites (N-methyl/N-ethyl adjacent to an activating group) is 2. The summed E-state index contributed by atoms with van der Waals surface area (Å²) in [6.45, 7) is 16.6. The van der Waals surface area contributed by atoms with Gasteiger partial charge in [-0.3, -0.25) is 14.4 Å². The number of methoxy groups -OCH3 is 1. The summed E-state index contributed by atoms with van der Waals surface area (Å²) in [5, 5.41) is 3.13. The van der Waals surface area contributed by atoms with E-state index in [1.165, 1.54) is 4.90 Å². The van der Waals surface area contributed by atoms with Gasteiger partial charge in [0.05, 0.1) is 18.1 Å². The number of carbonyl (C=O) groups is 3. The smallest absolute Gasteiger partial charge is 0.254 e. The van der Waals surface area contributed by atoms with Crippen LogP contribution in [0.3, 0.4) is 0 Å². The maximum atomic E-state index is 13.7. The molecule has 0 unspecified atom stereocenters. The van der Waals surface area contributed by atoms with Crippen molar-refractivity contribution in [1.82, 2.24) is 20.0 Å². The number of amides is 3. The summed E-state index contributed by atoms with van der Waals surface area (Å²) < 4.78 is 11.7. The molecule has 1 N–H and O–H groups in total. The Bertz CT molecular complexity index is 992. The van der Waals surface area contributed by atoms with E-state index in [-0.39, 0.29) is 30.3 Å². The van der Waals surface area contributed by atoms with Gasteiger partial charge in [0.15, 0.2) is 0 Å². The van der Waals surface area contributed by atoms with Crippen molar-refractivity contribution in [2.75, 3.05) is 53.5 Å². The van der Waals surface area contributed by atoms with Crippen LogP contribution in [0.15, 0.2) is 24.3 Å². The van der Waals surface area contributed by atoms with Gasteiger partial charge < -0.3 is 29.5 Å². The Morgan fingerprint density at radius 2 is 1.71 bits per heavy atom. The van der Waals surface area contributed by atoms with E-state index < -0.39 is 17.2 Å². The second-order valence-corrected chi connectivity index (χ2v) is 11.8. The first-order chi connectivity index (χ1) is 19.4. The SMILES string of the molecule is CCC[C@@H](NC(=O)CN1C(=O)C(CC)(CC)[C@@H]1OC(C)(C)C(=O)N(CC)CCN(C)CCOC)c1ccc(C)cc1. The average molecular weight is 575 g/mol. The Hall–Kier alpha value is -2.49. The predicted octanol–water partition coefficient (Wildman–Crippen LogP) is 4.15. The van der Waals surface area contributed by atoms with Crippen LogP contribution in [0.5, 0.6) is 0 Å². The maximum absolute atomic E-state index is 13.7. The molecule has 232 valence electrons. The highest BCUT2D eigenvalue weighted by Gasteiger charge is 2.61. The lowest BCUT2D eigenvalue weighted by atomic mass is 9.71. The monoisotopic (exact) mass is 574 g/mol. The number of nitrogens with one attached hydrogen (secondary N) is 1. The highest BCUT2D eigenvalue weighted by atomic mass is 16.5. The Labute approximate surface area is 247 Å². The summed E-state index contributed by atoms with van der Waals surface area (Å²) >= 11 is 0. The highest BCUT2D eigenvalue weighted by molar-refractivity contribution is 5.94. The number of hydrogen-bond donors (Lipinski definition) is 1. The largest absolute Gasteiger partial charge is 0.383 e. The van der Waals surface area contributed by atoms with Crippen LogP contribution in [0.4, 0.5) is 0 Å². The lowest BCUT2D eigenvalue weighted by Crippen LogP contribution is -2.72. The van der Waals surface area contributed by atoms with E-state index in [4.69, 9.17) is 9.47 Å². The molecule has 0 saturated carbocycles. The van der Waals surface area contributed by atoms with E-state index in [0.717, 1.165) is 30.5 Å². The van der Waals surface area contributed by atoms with E-state index >= 15 is 0 Å². The number of β-lactam (4-membered cyclic amide) rings is 1. The minimum absolute atomic E-state index is 0.0969. The molecular weight excluding hydrogens is 520 g/mol. The molecular formula is C32H54N4O5. The topological polar surface area (TPSA) is 91.4 Å². The number of rotatable bonds is 18. The van der Waals surface area contributed by atoms with E-state index in [2.05, 4.69) is 17.1 Å². The normalized spacial score (nSPS) is 17.4. The van der Waals surface area contributed by atoms with Gasteiger partial charge in [0.25, 0.3) is 5.91 Å². The molecule has 1 aliphatic rings. The fraction of sp³-hybridized carbons (Fsp3) is 0.719. The first-order valence-corrected chi connectivity index (χ1v) is 15.2. The molecule has 1 heterocycles. The van der Waals surface area contributed by atoms with Crippen LogP contribution in [-0.4, -0.2) is 97.7 Å². The molecule has 3 amide bonds. The summed E-state index contributed by atoms with van der Waals surface area (Å²) in [7, 11) is 3.68. The zero-order valence-electron chi connectivity index (χ0n) is 26.9. The van der Waals surface area contributed by atoms with Gasteiger partial charge in [-0.2, -0.15) is 0 Å². The van der Waals surface area contributed by atoms with Gasteiger partial charge in [0, 0.05) is 33.3 Å². The molecule has 0 bridgehead atoms. The molecule has 1 saturated heterocycles. The Morgan fingerprint density at radius 3 is 2.24 bits per heavy atom. The number of ether oxygens (including phenoxy) is 2. The van der Waals surface area contributed by atoms with Crippen LogP contribution < -0.4 is 5.32 Å². The minimum atomic E-state index is -1.18. The molecule has 2 rings (SSSR count). The molecule has 9 nitrogen and oxygen atoms in total. The quantitative estimate of drug-likeness (QED) is 0.265. The molecule has 0 aromatic heterocycles. The predicted molar refractivity (Wildman–Crippen MR) is 162 cm³/mol.